The lowest BCUT2D eigenvalue weighted by molar-refractivity contribution is 0.0858. The molecule has 1 fully saturated rings. The van der Waals surface area contributed by atoms with Gasteiger partial charge in [-0.1, -0.05) is 12.1 Å². The van der Waals surface area contributed by atoms with Crippen LogP contribution in [-0.2, 0) is 4.74 Å². The van der Waals surface area contributed by atoms with Crippen molar-refractivity contribution in [1.29, 1.82) is 0 Å². The van der Waals surface area contributed by atoms with Crippen LogP contribution in [0.15, 0.2) is 34.3 Å². The van der Waals surface area contributed by atoms with E-state index in [2.05, 4.69) is 15.3 Å². The Bertz CT molecular complexity index is 589. The molecule has 1 atom stereocenters. The summed E-state index contributed by atoms with van der Waals surface area (Å²) in [5.74, 6) is -0.548. The number of ether oxygens (including phenoxy) is 1. The zero-order chi connectivity index (χ0) is 15.9. The number of benzene rings is 1. The molecule has 1 amide bonds. The van der Waals surface area contributed by atoms with Crippen molar-refractivity contribution in [2.75, 3.05) is 13.2 Å². The summed E-state index contributed by atoms with van der Waals surface area (Å²) < 4.78 is 5.47. The average molecular weight is 304 g/mol. The molecule has 1 aliphatic heterocycles. The maximum Gasteiger partial charge on any atom is 0.253 e. The monoisotopic (exact) mass is 304 g/mol. The number of guanidine groups is 2. The summed E-state index contributed by atoms with van der Waals surface area (Å²) in [5, 5.41) is 2.84. The van der Waals surface area contributed by atoms with Gasteiger partial charge in [0.05, 0.1) is 17.4 Å². The number of carbonyl (C=O) groups excluding carboxylic acids is 1. The molecule has 8 nitrogen and oxygen atoms in total. The molecule has 0 bridgehead atoms. The van der Waals surface area contributed by atoms with Crippen molar-refractivity contribution in [3.63, 3.8) is 0 Å². The predicted molar refractivity (Wildman–Crippen MR) is 84.8 cm³/mol. The highest BCUT2D eigenvalue weighted by Gasteiger charge is 2.17. The highest BCUT2D eigenvalue weighted by Crippen LogP contribution is 2.19. The molecule has 1 heterocycles. The van der Waals surface area contributed by atoms with Crippen LogP contribution in [0, 0.1) is 0 Å². The van der Waals surface area contributed by atoms with Crippen molar-refractivity contribution in [2.24, 2.45) is 27.2 Å². The minimum atomic E-state index is -0.243. The van der Waals surface area contributed by atoms with Crippen molar-refractivity contribution in [3.05, 3.63) is 29.8 Å². The lowest BCUT2D eigenvalue weighted by Crippen LogP contribution is -2.31. The van der Waals surface area contributed by atoms with Crippen LogP contribution in [0.25, 0.3) is 0 Å². The van der Waals surface area contributed by atoms with Crippen molar-refractivity contribution in [2.45, 2.75) is 18.9 Å². The summed E-state index contributed by atoms with van der Waals surface area (Å²) in [6, 6.07) is 6.82. The Morgan fingerprint density at radius 3 is 2.77 bits per heavy atom. The number of amides is 1. The zero-order valence-electron chi connectivity index (χ0n) is 12.2. The smallest absolute Gasteiger partial charge is 0.253 e. The third-order valence-corrected chi connectivity index (χ3v) is 3.14. The summed E-state index contributed by atoms with van der Waals surface area (Å²) in [6.07, 6.45) is 2.06. The maximum absolute atomic E-state index is 12.3. The van der Waals surface area contributed by atoms with E-state index in [0.717, 1.165) is 19.4 Å². The van der Waals surface area contributed by atoms with Gasteiger partial charge < -0.3 is 27.3 Å². The molecule has 1 aromatic carbocycles. The largest absolute Gasteiger partial charge is 0.376 e. The van der Waals surface area contributed by atoms with E-state index in [1.165, 1.54) is 0 Å². The molecule has 7 N–H and O–H groups in total. The van der Waals surface area contributed by atoms with Gasteiger partial charge in [-0.05, 0) is 25.0 Å². The first-order valence-electron chi connectivity index (χ1n) is 6.99. The van der Waals surface area contributed by atoms with E-state index in [1.807, 2.05) is 0 Å². The van der Waals surface area contributed by atoms with Crippen LogP contribution >= 0.6 is 0 Å². The van der Waals surface area contributed by atoms with Gasteiger partial charge in [0, 0.05) is 13.2 Å². The molecular formula is C14H20N6O2. The third kappa shape index (κ3) is 4.45. The van der Waals surface area contributed by atoms with Gasteiger partial charge in [-0.15, -0.1) is 0 Å². The molecule has 118 valence electrons. The molecule has 8 heteroatoms. The topological polar surface area (TPSA) is 141 Å². The molecule has 0 aromatic heterocycles. The van der Waals surface area contributed by atoms with Gasteiger partial charge in [-0.25, -0.2) is 4.99 Å². The first-order chi connectivity index (χ1) is 10.6. The van der Waals surface area contributed by atoms with Crippen LogP contribution in [0.4, 0.5) is 5.69 Å². The van der Waals surface area contributed by atoms with Gasteiger partial charge in [0.25, 0.3) is 5.91 Å². The number of hydrogen-bond acceptors (Lipinski definition) is 3. The number of nitrogens with zero attached hydrogens (tertiary/aromatic N) is 2. The minimum Gasteiger partial charge on any atom is -0.376 e. The van der Waals surface area contributed by atoms with Crippen molar-refractivity contribution in [1.82, 2.24) is 5.32 Å². The van der Waals surface area contributed by atoms with E-state index in [-0.39, 0.29) is 23.9 Å². The molecule has 0 radical (unpaired) electrons. The van der Waals surface area contributed by atoms with Gasteiger partial charge in [0.2, 0.25) is 5.96 Å². The molecule has 0 spiro atoms. The zero-order valence-corrected chi connectivity index (χ0v) is 12.2. The van der Waals surface area contributed by atoms with Crippen LogP contribution in [0.3, 0.4) is 0 Å². The fourth-order valence-corrected chi connectivity index (χ4v) is 2.15. The normalized spacial score (nSPS) is 18.0. The van der Waals surface area contributed by atoms with E-state index in [9.17, 15) is 4.79 Å². The third-order valence-electron chi connectivity index (χ3n) is 3.14. The number of aliphatic imine (C=N–C) groups is 2. The van der Waals surface area contributed by atoms with E-state index in [1.54, 1.807) is 24.3 Å². The number of hydrogen-bond donors (Lipinski definition) is 4. The number of nitrogens with two attached hydrogens (primary N) is 3. The SMILES string of the molecule is NC(N)=NC(N)=Nc1ccccc1C(=O)NCC1CCCO1. The Kier molecular flexibility index (Phi) is 5.31. The van der Waals surface area contributed by atoms with Crippen LogP contribution in [-0.4, -0.2) is 37.1 Å². The lowest BCUT2D eigenvalue weighted by Gasteiger charge is -2.11. The standard InChI is InChI=1S/C14H20N6O2/c15-13(16)20-14(17)19-11-6-2-1-5-10(11)12(21)18-8-9-4-3-7-22-9/h1-2,5-6,9H,3-4,7-8H2,(H,18,21)(H6,15,16,17,19,20). The highest BCUT2D eigenvalue weighted by atomic mass is 16.5. The molecule has 1 saturated heterocycles. The quantitative estimate of drug-likeness (QED) is 0.451. The van der Waals surface area contributed by atoms with Crippen LogP contribution in [0.5, 0.6) is 0 Å². The van der Waals surface area contributed by atoms with Gasteiger partial charge in [0.1, 0.15) is 0 Å². The average Bonchev–Trinajstić information content (AvgIpc) is 2.97. The summed E-state index contributed by atoms with van der Waals surface area (Å²) >= 11 is 0. The van der Waals surface area contributed by atoms with Crippen LogP contribution in [0.2, 0.25) is 0 Å². The van der Waals surface area contributed by atoms with E-state index in [0.29, 0.717) is 17.8 Å². The van der Waals surface area contributed by atoms with Crippen LogP contribution in [0.1, 0.15) is 23.2 Å². The summed E-state index contributed by atoms with van der Waals surface area (Å²) in [5.41, 5.74) is 16.9. The van der Waals surface area contributed by atoms with Gasteiger partial charge in [0.15, 0.2) is 5.96 Å². The van der Waals surface area contributed by atoms with Crippen molar-refractivity contribution >= 4 is 23.5 Å². The van der Waals surface area contributed by atoms with Gasteiger partial charge in [-0.2, -0.15) is 4.99 Å². The van der Waals surface area contributed by atoms with E-state index < -0.39 is 0 Å². The summed E-state index contributed by atoms with van der Waals surface area (Å²) in [4.78, 5) is 19.9. The van der Waals surface area contributed by atoms with Crippen molar-refractivity contribution < 1.29 is 9.53 Å². The second-order valence-electron chi connectivity index (χ2n) is 4.87. The predicted octanol–water partition coefficient (Wildman–Crippen LogP) is -0.185. The number of rotatable bonds is 4. The molecule has 1 unspecified atom stereocenters. The molecular weight excluding hydrogens is 284 g/mol. The Morgan fingerprint density at radius 1 is 1.32 bits per heavy atom. The fourth-order valence-electron chi connectivity index (χ4n) is 2.15. The number of para-hydroxylation sites is 1. The molecule has 1 aliphatic rings. The first kappa shape index (κ1) is 15.8. The fraction of sp³-hybridized carbons (Fsp3) is 0.357. The van der Waals surface area contributed by atoms with Crippen LogP contribution < -0.4 is 22.5 Å². The molecule has 1 aromatic rings. The second kappa shape index (κ2) is 7.41. The highest BCUT2D eigenvalue weighted by molar-refractivity contribution is 6.01. The van der Waals surface area contributed by atoms with E-state index in [4.69, 9.17) is 21.9 Å². The Hall–Kier alpha value is -2.61. The maximum atomic E-state index is 12.3. The Morgan fingerprint density at radius 2 is 2.09 bits per heavy atom. The number of nitrogens with one attached hydrogen (secondary N) is 1. The Balaban J connectivity index is 2.09. The molecule has 0 saturated carbocycles. The number of carbonyl (C=O) groups is 1. The van der Waals surface area contributed by atoms with Gasteiger partial charge >= 0.3 is 0 Å². The summed E-state index contributed by atoms with van der Waals surface area (Å²) in [6.45, 7) is 1.22. The second-order valence-corrected chi connectivity index (χ2v) is 4.87. The van der Waals surface area contributed by atoms with E-state index >= 15 is 0 Å². The Labute approximate surface area is 128 Å². The lowest BCUT2D eigenvalue weighted by atomic mass is 10.1. The minimum absolute atomic E-state index is 0.0753. The molecule has 22 heavy (non-hydrogen) atoms. The van der Waals surface area contributed by atoms with Crippen molar-refractivity contribution in [3.8, 4) is 0 Å². The summed E-state index contributed by atoms with van der Waals surface area (Å²) in [7, 11) is 0. The van der Waals surface area contributed by atoms with Gasteiger partial charge in [-0.3, -0.25) is 4.79 Å². The molecule has 2 rings (SSSR count). The first-order valence-corrected chi connectivity index (χ1v) is 6.99. The molecule has 0 aliphatic carbocycles.